The number of carbonyl (C=O) groups excluding carboxylic acids is 1. The van der Waals surface area contributed by atoms with Crippen molar-refractivity contribution in [2.24, 2.45) is 0 Å². The molecule has 1 saturated carbocycles. The molecule has 1 saturated heterocycles. The molecular formula is C21H24N2O2. The Kier molecular flexibility index (Phi) is 4.70. The number of amides is 1. The second-order valence-corrected chi connectivity index (χ2v) is 6.87. The Morgan fingerprint density at radius 3 is 2.68 bits per heavy atom. The van der Waals surface area contributed by atoms with Gasteiger partial charge >= 0.3 is 0 Å². The third-order valence-corrected chi connectivity index (χ3v) is 5.04. The van der Waals surface area contributed by atoms with Crippen LogP contribution < -0.4 is 10.1 Å². The summed E-state index contributed by atoms with van der Waals surface area (Å²) in [6, 6.07) is 19.3. The number of hydrogen-bond acceptors (Lipinski definition) is 3. The molecule has 0 radical (unpaired) electrons. The fourth-order valence-corrected chi connectivity index (χ4v) is 3.48. The smallest absolute Gasteiger partial charge is 0.223 e. The van der Waals surface area contributed by atoms with Crippen molar-refractivity contribution >= 4 is 5.91 Å². The monoisotopic (exact) mass is 336 g/mol. The lowest BCUT2D eigenvalue weighted by Crippen LogP contribution is -2.46. The molecular weight excluding hydrogens is 312 g/mol. The Bertz CT molecular complexity index is 714. The number of hydrogen-bond donors (Lipinski definition) is 1. The van der Waals surface area contributed by atoms with Gasteiger partial charge in [-0.25, -0.2) is 0 Å². The second kappa shape index (κ2) is 7.28. The van der Waals surface area contributed by atoms with Crippen molar-refractivity contribution in [3.8, 4) is 5.75 Å². The summed E-state index contributed by atoms with van der Waals surface area (Å²) < 4.78 is 5.81. The first-order valence-corrected chi connectivity index (χ1v) is 9.08. The van der Waals surface area contributed by atoms with Crippen LogP contribution in [0.5, 0.6) is 5.75 Å². The van der Waals surface area contributed by atoms with Gasteiger partial charge < -0.3 is 15.0 Å². The number of aryl methyl sites for hydroxylation is 1. The molecule has 1 amide bonds. The van der Waals surface area contributed by atoms with Gasteiger partial charge in [0.1, 0.15) is 12.4 Å². The number of fused-ring (bicyclic) bond motifs is 1. The van der Waals surface area contributed by atoms with Crippen LogP contribution in [0.15, 0.2) is 54.6 Å². The number of ether oxygens (including phenoxy) is 1. The van der Waals surface area contributed by atoms with Crippen LogP contribution in [-0.2, 0) is 17.8 Å². The topological polar surface area (TPSA) is 41.6 Å². The van der Waals surface area contributed by atoms with Gasteiger partial charge in [-0.2, -0.15) is 0 Å². The molecule has 2 unspecified atom stereocenters. The van der Waals surface area contributed by atoms with Crippen molar-refractivity contribution in [1.82, 2.24) is 10.2 Å². The Balaban J connectivity index is 1.25. The average molecular weight is 336 g/mol. The minimum atomic E-state index is 0.290. The zero-order valence-electron chi connectivity index (χ0n) is 14.4. The molecule has 25 heavy (non-hydrogen) atoms. The molecule has 4 heteroatoms. The van der Waals surface area contributed by atoms with Crippen molar-refractivity contribution in [1.29, 1.82) is 0 Å². The van der Waals surface area contributed by atoms with Crippen molar-refractivity contribution < 1.29 is 9.53 Å². The highest BCUT2D eigenvalue weighted by atomic mass is 16.5. The van der Waals surface area contributed by atoms with E-state index in [0.29, 0.717) is 31.0 Å². The quantitative estimate of drug-likeness (QED) is 0.882. The van der Waals surface area contributed by atoms with Crippen LogP contribution in [0.2, 0.25) is 0 Å². The average Bonchev–Trinajstić information content (AvgIpc) is 3.46. The fourth-order valence-electron chi connectivity index (χ4n) is 3.48. The molecule has 130 valence electrons. The van der Waals surface area contributed by atoms with E-state index < -0.39 is 0 Å². The maximum absolute atomic E-state index is 12.4. The van der Waals surface area contributed by atoms with E-state index in [1.54, 1.807) is 0 Å². The molecule has 0 aromatic heterocycles. The van der Waals surface area contributed by atoms with E-state index in [1.165, 1.54) is 5.56 Å². The SMILES string of the molecule is O=C(CCc1ccc(OCc2ccccc2)cc1)N1CCNC2CC21. The summed E-state index contributed by atoms with van der Waals surface area (Å²) in [6.07, 6.45) is 2.51. The van der Waals surface area contributed by atoms with E-state index in [0.717, 1.165) is 37.2 Å². The highest BCUT2D eigenvalue weighted by molar-refractivity contribution is 5.77. The Morgan fingerprint density at radius 2 is 1.88 bits per heavy atom. The van der Waals surface area contributed by atoms with Crippen LogP contribution in [0.3, 0.4) is 0 Å². The standard InChI is InChI=1S/C21H24N2O2/c24-21(23-13-12-22-19-14-20(19)23)11-8-16-6-9-18(10-7-16)25-15-17-4-2-1-3-5-17/h1-7,9-10,19-20,22H,8,11-15H2. The van der Waals surface area contributed by atoms with Gasteiger partial charge in [0.25, 0.3) is 0 Å². The summed E-state index contributed by atoms with van der Waals surface area (Å²) in [4.78, 5) is 14.5. The van der Waals surface area contributed by atoms with Gasteiger partial charge in [-0.3, -0.25) is 4.79 Å². The number of benzene rings is 2. The summed E-state index contributed by atoms with van der Waals surface area (Å²) in [5, 5.41) is 3.44. The van der Waals surface area contributed by atoms with E-state index >= 15 is 0 Å². The number of piperazine rings is 1. The lowest BCUT2D eigenvalue weighted by molar-refractivity contribution is -0.132. The zero-order valence-corrected chi connectivity index (χ0v) is 14.4. The van der Waals surface area contributed by atoms with Gasteiger partial charge in [0, 0.05) is 31.6 Å². The summed E-state index contributed by atoms with van der Waals surface area (Å²) in [7, 11) is 0. The van der Waals surface area contributed by atoms with E-state index in [1.807, 2.05) is 30.3 Å². The molecule has 2 aliphatic rings. The minimum Gasteiger partial charge on any atom is -0.489 e. The highest BCUT2D eigenvalue weighted by Gasteiger charge is 2.45. The maximum Gasteiger partial charge on any atom is 0.223 e. The molecule has 4 rings (SSSR count). The third kappa shape index (κ3) is 4.02. The van der Waals surface area contributed by atoms with Gasteiger partial charge in [0.05, 0.1) is 0 Å². The summed E-state index contributed by atoms with van der Waals surface area (Å²) in [5.41, 5.74) is 2.34. The first-order valence-electron chi connectivity index (χ1n) is 9.08. The Labute approximate surface area is 148 Å². The van der Waals surface area contributed by atoms with Crippen molar-refractivity contribution in [3.63, 3.8) is 0 Å². The number of rotatable bonds is 6. The predicted molar refractivity (Wildman–Crippen MR) is 97.4 cm³/mol. The van der Waals surface area contributed by atoms with Gasteiger partial charge in [-0.15, -0.1) is 0 Å². The van der Waals surface area contributed by atoms with E-state index in [-0.39, 0.29) is 0 Å². The number of nitrogens with zero attached hydrogens (tertiary/aromatic N) is 1. The van der Waals surface area contributed by atoms with Gasteiger partial charge in [0.15, 0.2) is 0 Å². The third-order valence-electron chi connectivity index (χ3n) is 5.04. The van der Waals surface area contributed by atoms with Crippen LogP contribution in [-0.4, -0.2) is 36.0 Å². The summed E-state index contributed by atoms with van der Waals surface area (Å²) >= 11 is 0. The number of carbonyl (C=O) groups is 1. The van der Waals surface area contributed by atoms with Crippen molar-refractivity contribution in [2.45, 2.75) is 38.0 Å². The van der Waals surface area contributed by atoms with Crippen LogP contribution in [0.1, 0.15) is 24.0 Å². The second-order valence-electron chi connectivity index (χ2n) is 6.87. The van der Waals surface area contributed by atoms with E-state index in [4.69, 9.17) is 4.74 Å². The molecule has 0 spiro atoms. The van der Waals surface area contributed by atoms with Crippen molar-refractivity contribution in [2.75, 3.05) is 13.1 Å². The predicted octanol–water partition coefficient (Wildman–Crippen LogP) is 2.77. The van der Waals surface area contributed by atoms with E-state index in [2.05, 4.69) is 34.5 Å². The van der Waals surface area contributed by atoms with Crippen LogP contribution >= 0.6 is 0 Å². The minimum absolute atomic E-state index is 0.290. The molecule has 2 aromatic rings. The Morgan fingerprint density at radius 1 is 1.08 bits per heavy atom. The van der Waals surface area contributed by atoms with Gasteiger partial charge in [0.2, 0.25) is 5.91 Å². The lowest BCUT2D eigenvalue weighted by Gasteiger charge is -2.27. The first kappa shape index (κ1) is 16.2. The van der Waals surface area contributed by atoms with Crippen molar-refractivity contribution in [3.05, 3.63) is 65.7 Å². The van der Waals surface area contributed by atoms with Crippen LogP contribution in [0.4, 0.5) is 0 Å². The van der Waals surface area contributed by atoms with Crippen LogP contribution in [0, 0.1) is 0 Å². The maximum atomic E-state index is 12.4. The molecule has 4 nitrogen and oxygen atoms in total. The van der Waals surface area contributed by atoms with Crippen LogP contribution in [0.25, 0.3) is 0 Å². The molecule has 2 fully saturated rings. The fraction of sp³-hybridized carbons (Fsp3) is 0.381. The largest absolute Gasteiger partial charge is 0.489 e. The van der Waals surface area contributed by atoms with Gasteiger partial charge in [-0.05, 0) is 36.1 Å². The molecule has 0 bridgehead atoms. The molecule has 1 N–H and O–H groups in total. The normalized spacial score (nSPS) is 21.5. The molecule has 2 atom stereocenters. The first-order chi connectivity index (χ1) is 12.3. The molecule has 1 aliphatic carbocycles. The number of nitrogens with one attached hydrogen (secondary N) is 1. The summed E-state index contributed by atoms with van der Waals surface area (Å²) in [6.45, 7) is 2.36. The zero-order chi connectivity index (χ0) is 17.1. The Hall–Kier alpha value is -2.33. The highest BCUT2D eigenvalue weighted by Crippen LogP contribution is 2.31. The molecule has 1 heterocycles. The molecule has 2 aromatic carbocycles. The lowest BCUT2D eigenvalue weighted by atomic mass is 10.1. The van der Waals surface area contributed by atoms with Gasteiger partial charge in [-0.1, -0.05) is 42.5 Å². The summed E-state index contributed by atoms with van der Waals surface area (Å²) in [5.74, 6) is 1.15. The van der Waals surface area contributed by atoms with E-state index in [9.17, 15) is 4.79 Å². The molecule has 1 aliphatic heterocycles.